The van der Waals surface area contributed by atoms with Crippen molar-refractivity contribution in [2.75, 3.05) is 33.9 Å². The smallest absolute Gasteiger partial charge is 0.260 e. The van der Waals surface area contributed by atoms with Gasteiger partial charge in [-0.05, 0) is 62.1 Å². The number of methoxy groups -OCH3 is 2. The number of nitrogens with zero attached hydrogens (tertiary/aromatic N) is 1. The van der Waals surface area contributed by atoms with Gasteiger partial charge in [-0.15, -0.1) is 0 Å². The third-order valence-electron chi connectivity index (χ3n) is 5.73. The van der Waals surface area contributed by atoms with Gasteiger partial charge in [0.15, 0.2) is 18.1 Å². The van der Waals surface area contributed by atoms with E-state index in [0.717, 1.165) is 16.9 Å². The molecule has 2 amide bonds. The highest BCUT2D eigenvalue weighted by atomic mass is 16.5. The van der Waals surface area contributed by atoms with Gasteiger partial charge in [-0.25, -0.2) is 0 Å². The largest absolute Gasteiger partial charge is 0.493 e. The Morgan fingerprint density at radius 3 is 2.39 bits per heavy atom. The van der Waals surface area contributed by atoms with Gasteiger partial charge in [-0.3, -0.25) is 9.59 Å². The van der Waals surface area contributed by atoms with Gasteiger partial charge in [-0.1, -0.05) is 12.1 Å². The second kappa shape index (κ2) is 10.2. The quantitative estimate of drug-likeness (QED) is 0.736. The predicted octanol–water partition coefficient (Wildman–Crippen LogP) is 3.12. The number of hydrogen-bond acceptors (Lipinski definition) is 5. The fraction of sp³-hybridized carbons (Fsp3) is 0.417. The lowest BCUT2D eigenvalue weighted by molar-refractivity contribution is -0.134. The molecule has 2 aromatic rings. The molecule has 0 radical (unpaired) electrons. The summed E-state index contributed by atoms with van der Waals surface area (Å²) in [5.74, 6) is 1.63. The molecule has 1 saturated heterocycles. The van der Waals surface area contributed by atoms with Gasteiger partial charge in [-0.2, -0.15) is 0 Å². The highest BCUT2D eigenvalue weighted by molar-refractivity contribution is 5.95. The van der Waals surface area contributed by atoms with E-state index in [4.69, 9.17) is 14.2 Å². The average molecular weight is 427 g/mol. The molecule has 0 aliphatic carbocycles. The Kier molecular flexibility index (Phi) is 7.39. The van der Waals surface area contributed by atoms with Crippen molar-refractivity contribution in [2.24, 2.45) is 0 Å². The highest BCUT2D eigenvalue weighted by Gasteiger charge is 2.25. The monoisotopic (exact) mass is 426 g/mol. The zero-order valence-electron chi connectivity index (χ0n) is 18.6. The van der Waals surface area contributed by atoms with E-state index in [0.29, 0.717) is 43.0 Å². The summed E-state index contributed by atoms with van der Waals surface area (Å²) in [6, 6.07) is 10.9. The van der Waals surface area contributed by atoms with E-state index in [1.54, 1.807) is 30.2 Å². The molecule has 0 bridgehead atoms. The van der Waals surface area contributed by atoms with Crippen molar-refractivity contribution < 1.29 is 23.8 Å². The van der Waals surface area contributed by atoms with E-state index in [1.807, 2.05) is 32.0 Å². The Balaban J connectivity index is 1.48. The number of amides is 2. The van der Waals surface area contributed by atoms with E-state index in [1.165, 1.54) is 7.11 Å². The van der Waals surface area contributed by atoms with Crippen LogP contribution in [0.4, 0.5) is 0 Å². The van der Waals surface area contributed by atoms with Crippen LogP contribution in [0.5, 0.6) is 17.2 Å². The van der Waals surface area contributed by atoms with Gasteiger partial charge in [0.05, 0.1) is 14.2 Å². The standard InChI is InChI=1S/C24H30N2O5/c1-16-6-5-7-20(17(16)2)31-15-23(27)26-12-10-19(11-13-26)25-24(28)18-8-9-21(29-3)22(14-18)30-4/h5-9,14,19H,10-13,15H2,1-4H3,(H,25,28). The van der Waals surface area contributed by atoms with Gasteiger partial charge >= 0.3 is 0 Å². The number of rotatable bonds is 7. The van der Waals surface area contributed by atoms with Crippen LogP contribution in [0.1, 0.15) is 34.3 Å². The molecule has 1 aliphatic heterocycles. The molecule has 1 heterocycles. The molecule has 1 aliphatic rings. The molecule has 7 nitrogen and oxygen atoms in total. The number of benzene rings is 2. The summed E-state index contributed by atoms with van der Waals surface area (Å²) in [4.78, 5) is 26.9. The van der Waals surface area contributed by atoms with Crippen molar-refractivity contribution in [3.8, 4) is 17.2 Å². The number of hydrogen-bond donors (Lipinski definition) is 1. The van der Waals surface area contributed by atoms with E-state index in [2.05, 4.69) is 5.32 Å². The molecular weight excluding hydrogens is 396 g/mol. The molecule has 7 heteroatoms. The predicted molar refractivity (Wildman–Crippen MR) is 118 cm³/mol. The third-order valence-corrected chi connectivity index (χ3v) is 5.73. The summed E-state index contributed by atoms with van der Waals surface area (Å²) in [6.45, 7) is 5.21. The number of piperidine rings is 1. The van der Waals surface area contributed by atoms with Gasteiger partial charge in [0.1, 0.15) is 5.75 Å². The van der Waals surface area contributed by atoms with Crippen molar-refractivity contribution in [3.63, 3.8) is 0 Å². The summed E-state index contributed by atoms with van der Waals surface area (Å²) in [6.07, 6.45) is 1.41. The molecule has 1 fully saturated rings. The SMILES string of the molecule is COc1ccc(C(=O)NC2CCN(C(=O)COc3cccc(C)c3C)CC2)cc1OC. The molecule has 0 saturated carbocycles. The van der Waals surface area contributed by atoms with E-state index in [9.17, 15) is 9.59 Å². The van der Waals surface area contributed by atoms with Gasteiger partial charge < -0.3 is 24.4 Å². The number of ether oxygens (including phenoxy) is 3. The van der Waals surface area contributed by atoms with Crippen LogP contribution in [0, 0.1) is 13.8 Å². The summed E-state index contributed by atoms with van der Waals surface area (Å²) in [5.41, 5.74) is 2.70. The number of carbonyl (C=O) groups excluding carboxylic acids is 2. The molecule has 31 heavy (non-hydrogen) atoms. The van der Waals surface area contributed by atoms with Crippen molar-refractivity contribution >= 4 is 11.8 Å². The van der Waals surface area contributed by atoms with Gasteiger partial charge in [0.25, 0.3) is 11.8 Å². The fourth-order valence-corrected chi connectivity index (χ4v) is 3.63. The summed E-state index contributed by atoms with van der Waals surface area (Å²) >= 11 is 0. The maximum Gasteiger partial charge on any atom is 0.260 e. The first-order valence-corrected chi connectivity index (χ1v) is 10.4. The molecule has 0 atom stereocenters. The van der Waals surface area contributed by atoms with Crippen LogP contribution < -0.4 is 19.5 Å². The van der Waals surface area contributed by atoms with Crippen LogP contribution >= 0.6 is 0 Å². The second-order valence-corrected chi connectivity index (χ2v) is 7.69. The van der Waals surface area contributed by atoms with E-state index in [-0.39, 0.29) is 24.5 Å². The first-order valence-electron chi connectivity index (χ1n) is 10.4. The zero-order chi connectivity index (χ0) is 22.4. The van der Waals surface area contributed by atoms with E-state index < -0.39 is 0 Å². The van der Waals surface area contributed by atoms with Gasteiger partial charge in [0.2, 0.25) is 0 Å². The molecule has 1 N–H and O–H groups in total. The molecule has 0 aromatic heterocycles. The molecular formula is C24H30N2O5. The number of likely N-dealkylation sites (tertiary alicyclic amines) is 1. The molecule has 0 spiro atoms. The van der Waals surface area contributed by atoms with Crippen molar-refractivity contribution in [1.82, 2.24) is 10.2 Å². The minimum absolute atomic E-state index is 0.0181. The normalized spacial score (nSPS) is 14.1. The minimum atomic E-state index is -0.163. The maximum atomic E-state index is 12.6. The zero-order valence-corrected chi connectivity index (χ0v) is 18.6. The Labute approximate surface area is 183 Å². The number of aryl methyl sites for hydroxylation is 1. The Hall–Kier alpha value is -3.22. The Bertz CT molecular complexity index is 936. The van der Waals surface area contributed by atoms with Crippen LogP contribution in [0.15, 0.2) is 36.4 Å². The Morgan fingerprint density at radius 1 is 1.00 bits per heavy atom. The van der Waals surface area contributed by atoms with Gasteiger partial charge in [0, 0.05) is 24.7 Å². The summed E-state index contributed by atoms with van der Waals surface area (Å²) in [5, 5.41) is 3.05. The van der Waals surface area contributed by atoms with Crippen molar-refractivity contribution in [2.45, 2.75) is 32.7 Å². The van der Waals surface area contributed by atoms with Crippen LogP contribution in [0.2, 0.25) is 0 Å². The highest BCUT2D eigenvalue weighted by Crippen LogP contribution is 2.27. The lowest BCUT2D eigenvalue weighted by Crippen LogP contribution is -2.47. The topological polar surface area (TPSA) is 77.1 Å². The van der Waals surface area contributed by atoms with Crippen LogP contribution in [-0.4, -0.2) is 56.7 Å². The van der Waals surface area contributed by atoms with Crippen LogP contribution in [0.3, 0.4) is 0 Å². The third kappa shape index (κ3) is 5.48. The molecule has 166 valence electrons. The maximum absolute atomic E-state index is 12.6. The van der Waals surface area contributed by atoms with E-state index >= 15 is 0 Å². The first kappa shape index (κ1) is 22.5. The average Bonchev–Trinajstić information content (AvgIpc) is 2.79. The molecule has 0 unspecified atom stereocenters. The summed E-state index contributed by atoms with van der Waals surface area (Å²) in [7, 11) is 3.09. The second-order valence-electron chi connectivity index (χ2n) is 7.69. The minimum Gasteiger partial charge on any atom is -0.493 e. The number of nitrogens with one attached hydrogen (secondary N) is 1. The van der Waals surface area contributed by atoms with Crippen LogP contribution in [-0.2, 0) is 4.79 Å². The van der Waals surface area contributed by atoms with Crippen molar-refractivity contribution in [3.05, 3.63) is 53.1 Å². The number of carbonyl (C=O) groups is 2. The first-order chi connectivity index (χ1) is 14.9. The lowest BCUT2D eigenvalue weighted by Gasteiger charge is -2.32. The fourth-order valence-electron chi connectivity index (χ4n) is 3.63. The van der Waals surface area contributed by atoms with Crippen LogP contribution in [0.25, 0.3) is 0 Å². The Morgan fingerprint density at radius 2 is 1.71 bits per heavy atom. The van der Waals surface area contributed by atoms with Crippen molar-refractivity contribution in [1.29, 1.82) is 0 Å². The molecule has 2 aromatic carbocycles. The molecule has 3 rings (SSSR count). The lowest BCUT2D eigenvalue weighted by atomic mass is 10.0. The summed E-state index contributed by atoms with van der Waals surface area (Å²) < 4.78 is 16.2.